The van der Waals surface area contributed by atoms with Crippen molar-refractivity contribution in [3.8, 4) is 0 Å². The Morgan fingerprint density at radius 3 is 2.18 bits per heavy atom. The first kappa shape index (κ1) is 14.4. The highest BCUT2D eigenvalue weighted by Gasteiger charge is 2.47. The van der Waals surface area contributed by atoms with Gasteiger partial charge in [0.2, 0.25) is 5.91 Å². The molecule has 98 valence electrons. The lowest BCUT2D eigenvalue weighted by molar-refractivity contribution is -0.129. The lowest BCUT2D eigenvalue weighted by atomic mass is 9.81. The van der Waals surface area contributed by atoms with Crippen molar-refractivity contribution in [1.82, 2.24) is 4.90 Å². The highest BCUT2D eigenvalue weighted by molar-refractivity contribution is 7.80. The van der Waals surface area contributed by atoms with E-state index in [9.17, 15) is 4.79 Å². The molecule has 1 saturated heterocycles. The molecule has 1 aliphatic rings. The minimum atomic E-state index is -0.231. The largest absolute Gasteiger partial charge is 0.468 e. The molecule has 0 bridgehead atoms. The number of ether oxygens (including phenoxy) is 1. The van der Waals surface area contributed by atoms with Gasteiger partial charge in [-0.25, -0.2) is 0 Å². The third kappa shape index (κ3) is 3.18. The zero-order valence-electron chi connectivity index (χ0n) is 11.4. The van der Waals surface area contributed by atoms with Crippen molar-refractivity contribution in [2.75, 3.05) is 6.61 Å². The summed E-state index contributed by atoms with van der Waals surface area (Å²) in [5.74, 6) is 1.02. The van der Waals surface area contributed by atoms with Crippen LogP contribution in [0.1, 0.15) is 47.5 Å². The zero-order valence-corrected chi connectivity index (χ0v) is 12.3. The molecule has 3 nitrogen and oxygen atoms in total. The van der Waals surface area contributed by atoms with E-state index in [1.165, 1.54) is 0 Å². The molecule has 0 unspecified atom stereocenters. The standard InChI is InChI=1S/C13H23NO2S/c1-9(2)6-13(7-10(3)4)8-16-12(17)14(13)11(5)15/h9-10H,6-8H2,1-5H3. The van der Waals surface area contributed by atoms with Crippen molar-refractivity contribution in [2.45, 2.75) is 53.0 Å². The van der Waals surface area contributed by atoms with Crippen molar-refractivity contribution in [3.05, 3.63) is 0 Å². The van der Waals surface area contributed by atoms with Gasteiger partial charge in [-0.15, -0.1) is 0 Å². The average Bonchev–Trinajstić information content (AvgIpc) is 2.40. The van der Waals surface area contributed by atoms with E-state index in [2.05, 4.69) is 27.7 Å². The molecule has 0 N–H and O–H groups in total. The van der Waals surface area contributed by atoms with Crippen LogP contribution in [0.25, 0.3) is 0 Å². The van der Waals surface area contributed by atoms with E-state index >= 15 is 0 Å². The van der Waals surface area contributed by atoms with Crippen LogP contribution >= 0.6 is 12.2 Å². The first-order valence-corrected chi connectivity index (χ1v) is 6.67. The summed E-state index contributed by atoms with van der Waals surface area (Å²) in [7, 11) is 0. The molecular weight excluding hydrogens is 234 g/mol. The SMILES string of the molecule is CC(=O)N1C(=S)OCC1(CC(C)C)CC(C)C. The van der Waals surface area contributed by atoms with Crippen LogP contribution in [-0.2, 0) is 9.53 Å². The number of rotatable bonds is 4. The van der Waals surface area contributed by atoms with E-state index in [0.717, 1.165) is 12.8 Å². The third-order valence-corrected chi connectivity index (χ3v) is 3.31. The molecular formula is C13H23NO2S. The first-order valence-electron chi connectivity index (χ1n) is 6.26. The number of carbonyl (C=O) groups excluding carboxylic acids is 1. The first-order chi connectivity index (χ1) is 7.78. The second-order valence-corrected chi connectivity index (χ2v) is 6.18. The maximum atomic E-state index is 11.8. The molecule has 0 saturated carbocycles. The van der Waals surface area contributed by atoms with Gasteiger partial charge >= 0.3 is 0 Å². The minimum absolute atomic E-state index is 0.00574. The molecule has 0 spiro atoms. The van der Waals surface area contributed by atoms with E-state index < -0.39 is 0 Å². The van der Waals surface area contributed by atoms with Crippen LogP contribution < -0.4 is 0 Å². The van der Waals surface area contributed by atoms with Crippen LogP contribution in [0.2, 0.25) is 0 Å². The van der Waals surface area contributed by atoms with Gasteiger partial charge in [0.25, 0.3) is 5.17 Å². The minimum Gasteiger partial charge on any atom is -0.468 e. The molecule has 0 aromatic carbocycles. The molecule has 0 aromatic heterocycles. The van der Waals surface area contributed by atoms with Crippen LogP contribution in [-0.4, -0.2) is 28.1 Å². The fourth-order valence-electron chi connectivity index (χ4n) is 2.88. The Morgan fingerprint density at radius 2 is 1.82 bits per heavy atom. The van der Waals surface area contributed by atoms with Crippen LogP contribution in [0, 0.1) is 11.8 Å². The fourth-order valence-corrected chi connectivity index (χ4v) is 3.27. The normalized spacial score (nSPS) is 19.0. The van der Waals surface area contributed by atoms with Gasteiger partial charge in [0, 0.05) is 6.92 Å². The lowest BCUT2D eigenvalue weighted by Crippen LogP contribution is -2.51. The maximum absolute atomic E-state index is 11.8. The number of amides is 1. The zero-order chi connectivity index (χ0) is 13.2. The quantitative estimate of drug-likeness (QED) is 0.725. The van der Waals surface area contributed by atoms with Gasteiger partial charge in [-0.1, -0.05) is 27.7 Å². The summed E-state index contributed by atoms with van der Waals surface area (Å²) in [4.78, 5) is 13.5. The second-order valence-electron chi connectivity index (χ2n) is 5.83. The summed E-state index contributed by atoms with van der Waals surface area (Å²) in [5.41, 5.74) is -0.231. The van der Waals surface area contributed by atoms with E-state index in [1.807, 2.05) is 0 Å². The lowest BCUT2D eigenvalue weighted by Gasteiger charge is -2.37. The van der Waals surface area contributed by atoms with Crippen molar-refractivity contribution in [1.29, 1.82) is 0 Å². The summed E-state index contributed by atoms with van der Waals surface area (Å²) >= 11 is 5.15. The Hall–Kier alpha value is -0.640. The third-order valence-electron chi connectivity index (χ3n) is 3.01. The summed E-state index contributed by atoms with van der Waals surface area (Å²) in [6.45, 7) is 10.8. The average molecular weight is 257 g/mol. The van der Waals surface area contributed by atoms with Gasteiger partial charge < -0.3 is 4.74 Å². The predicted molar refractivity (Wildman–Crippen MR) is 72.7 cm³/mol. The molecule has 17 heavy (non-hydrogen) atoms. The molecule has 1 fully saturated rings. The summed E-state index contributed by atoms with van der Waals surface area (Å²) in [6.07, 6.45) is 1.87. The maximum Gasteiger partial charge on any atom is 0.266 e. The molecule has 1 rings (SSSR count). The van der Waals surface area contributed by atoms with Gasteiger partial charge in [0.05, 0.1) is 5.54 Å². The highest BCUT2D eigenvalue weighted by atomic mass is 32.1. The van der Waals surface area contributed by atoms with Gasteiger partial charge in [-0.3, -0.25) is 9.69 Å². The van der Waals surface area contributed by atoms with Gasteiger partial charge in [-0.2, -0.15) is 0 Å². The van der Waals surface area contributed by atoms with Crippen LogP contribution in [0.5, 0.6) is 0 Å². The number of hydrogen-bond acceptors (Lipinski definition) is 3. The van der Waals surface area contributed by atoms with Crippen LogP contribution in [0.4, 0.5) is 0 Å². The number of carbonyl (C=O) groups is 1. The van der Waals surface area contributed by atoms with E-state index in [4.69, 9.17) is 17.0 Å². The van der Waals surface area contributed by atoms with E-state index in [-0.39, 0.29) is 11.4 Å². The number of thiocarbonyl (C=S) groups is 1. The van der Waals surface area contributed by atoms with Crippen molar-refractivity contribution >= 4 is 23.3 Å². The summed E-state index contributed by atoms with van der Waals surface area (Å²) in [5, 5.41) is 0.346. The Bertz CT molecular complexity index is 303. The van der Waals surface area contributed by atoms with Crippen LogP contribution in [0.15, 0.2) is 0 Å². The van der Waals surface area contributed by atoms with Gasteiger partial charge in [0.1, 0.15) is 6.61 Å². The Balaban J connectivity index is 3.03. The molecule has 0 aliphatic carbocycles. The van der Waals surface area contributed by atoms with E-state index in [1.54, 1.807) is 11.8 Å². The summed E-state index contributed by atoms with van der Waals surface area (Å²) < 4.78 is 5.48. The molecule has 0 aromatic rings. The van der Waals surface area contributed by atoms with Gasteiger partial charge in [0.15, 0.2) is 0 Å². The van der Waals surface area contributed by atoms with E-state index in [0.29, 0.717) is 23.6 Å². The monoisotopic (exact) mass is 257 g/mol. The van der Waals surface area contributed by atoms with Crippen molar-refractivity contribution in [3.63, 3.8) is 0 Å². The van der Waals surface area contributed by atoms with Crippen LogP contribution in [0.3, 0.4) is 0 Å². The van der Waals surface area contributed by atoms with Gasteiger partial charge in [-0.05, 0) is 36.9 Å². The number of hydrogen-bond donors (Lipinski definition) is 0. The predicted octanol–water partition coefficient (Wildman–Crippen LogP) is 2.98. The smallest absolute Gasteiger partial charge is 0.266 e. The topological polar surface area (TPSA) is 29.5 Å². The fraction of sp³-hybridized carbons (Fsp3) is 0.846. The Labute approximate surface area is 110 Å². The highest BCUT2D eigenvalue weighted by Crippen LogP contribution is 2.36. The van der Waals surface area contributed by atoms with Crippen molar-refractivity contribution < 1.29 is 9.53 Å². The molecule has 1 heterocycles. The number of nitrogens with zero attached hydrogens (tertiary/aromatic N) is 1. The van der Waals surface area contributed by atoms with Crippen molar-refractivity contribution in [2.24, 2.45) is 11.8 Å². The summed E-state index contributed by atoms with van der Waals surface area (Å²) in [6, 6.07) is 0. The molecule has 1 aliphatic heterocycles. The molecule has 0 atom stereocenters. The molecule has 4 heteroatoms. The molecule has 1 amide bonds. The Morgan fingerprint density at radius 1 is 1.35 bits per heavy atom. The molecule has 0 radical (unpaired) electrons. The second kappa shape index (κ2) is 5.34. The Kier molecular flexibility index (Phi) is 4.53.